The Morgan fingerprint density at radius 2 is 1.65 bits per heavy atom. The van der Waals surface area contributed by atoms with Crippen LogP contribution in [-0.4, -0.2) is 59.1 Å². The quantitative estimate of drug-likeness (QED) is 0.403. The average Bonchev–Trinajstić information content (AvgIpc) is 2.87. The maximum atomic E-state index is 14.2. The highest BCUT2D eigenvalue weighted by Gasteiger charge is 2.33. The van der Waals surface area contributed by atoms with Gasteiger partial charge in [0, 0.05) is 36.2 Å². The zero-order valence-corrected chi connectivity index (χ0v) is 22.7. The molecule has 0 bridgehead atoms. The van der Waals surface area contributed by atoms with Crippen molar-refractivity contribution in [1.82, 2.24) is 4.90 Å². The Kier molecular flexibility index (Phi) is 8.16. The van der Waals surface area contributed by atoms with Crippen molar-refractivity contribution in [1.29, 1.82) is 0 Å². The number of piperazine rings is 1. The molecule has 1 amide bonds. The normalized spacial score (nSPS) is 14.0. The Bertz CT molecular complexity index is 1390. The summed E-state index contributed by atoms with van der Waals surface area (Å²) in [4.78, 5) is 16.7. The van der Waals surface area contributed by atoms with Crippen LogP contribution < -0.4 is 13.9 Å². The SMILES string of the molecule is COc1ccc(C)cc1S(=O)(=O)N(CC(=O)N1CCN(c2ccccc2F)CC1)c1cc(Cl)cc(Cl)c1. The summed E-state index contributed by atoms with van der Waals surface area (Å²) >= 11 is 12.4. The minimum atomic E-state index is -4.26. The van der Waals surface area contributed by atoms with Gasteiger partial charge in [0.05, 0.1) is 18.5 Å². The van der Waals surface area contributed by atoms with E-state index in [1.54, 1.807) is 42.2 Å². The highest BCUT2D eigenvalue weighted by molar-refractivity contribution is 7.93. The van der Waals surface area contributed by atoms with Gasteiger partial charge in [0.1, 0.15) is 23.0 Å². The number of hydrogen-bond donors (Lipinski definition) is 0. The zero-order chi connectivity index (χ0) is 26.7. The van der Waals surface area contributed by atoms with E-state index in [0.29, 0.717) is 37.4 Å². The molecule has 0 aliphatic carbocycles. The van der Waals surface area contributed by atoms with Crippen LogP contribution in [-0.2, 0) is 14.8 Å². The number of sulfonamides is 1. The molecule has 0 N–H and O–H groups in total. The van der Waals surface area contributed by atoms with Crippen molar-refractivity contribution in [3.63, 3.8) is 0 Å². The Balaban J connectivity index is 1.63. The lowest BCUT2D eigenvalue weighted by atomic mass is 10.2. The van der Waals surface area contributed by atoms with Crippen molar-refractivity contribution < 1.29 is 22.3 Å². The van der Waals surface area contributed by atoms with Crippen LogP contribution in [0.2, 0.25) is 10.0 Å². The molecule has 0 atom stereocenters. The molecule has 1 aliphatic heterocycles. The Morgan fingerprint density at radius 1 is 1.00 bits per heavy atom. The number of para-hydroxylation sites is 1. The van der Waals surface area contributed by atoms with Crippen molar-refractivity contribution in [3.8, 4) is 5.75 Å². The molecule has 11 heteroatoms. The third kappa shape index (κ3) is 5.95. The number of nitrogens with zero attached hydrogens (tertiary/aromatic N) is 3. The zero-order valence-electron chi connectivity index (χ0n) is 20.3. The minimum Gasteiger partial charge on any atom is -0.495 e. The first kappa shape index (κ1) is 27.0. The number of rotatable bonds is 7. The number of aryl methyl sites for hydroxylation is 1. The van der Waals surface area contributed by atoms with Crippen molar-refractivity contribution in [2.45, 2.75) is 11.8 Å². The van der Waals surface area contributed by atoms with Crippen LogP contribution in [0.4, 0.5) is 15.8 Å². The number of benzene rings is 3. The maximum absolute atomic E-state index is 14.2. The largest absolute Gasteiger partial charge is 0.495 e. The maximum Gasteiger partial charge on any atom is 0.268 e. The number of hydrogen-bond acceptors (Lipinski definition) is 5. The van der Waals surface area contributed by atoms with E-state index in [1.165, 1.54) is 37.4 Å². The average molecular weight is 566 g/mol. The Labute approximate surface area is 226 Å². The topological polar surface area (TPSA) is 70.2 Å². The summed E-state index contributed by atoms with van der Waals surface area (Å²) in [6.07, 6.45) is 0. The van der Waals surface area contributed by atoms with Crippen LogP contribution in [0.5, 0.6) is 5.75 Å². The van der Waals surface area contributed by atoms with Gasteiger partial charge in [0.15, 0.2) is 0 Å². The predicted octanol–water partition coefficient (Wildman–Crippen LogP) is 4.99. The summed E-state index contributed by atoms with van der Waals surface area (Å²) in [5.41, 5.74) is 1.33. The van der Waals surface area contributed by atoms with Gasteiger partial charge >= 0.3 is 0 Å². The number of methoxy groups -OCH3 is 1. The van der Waals surface area contributed by atoms with Crippen molar-refractivity contribution in [2.24, 2.45) is 0 Å². The summed E-state index contributed by atoms with van der Waals surface area (Å²) in [7, 11) is -2.88. The second-order valence-corrected chi connectivity index (χ2v) is 11.3. The molecule has 196 valence electrons. The molecular weight excluding hydrogens is 540 g/mol. The van der Waals surface area contributed by atoms with Crippen LogP contribution in [0.25, 0.3) is 0 Å². The first-order valence-corrected chi connectivity index (χ1v) is 13.7. The second kappa shape index (κ2) is 11.2. The molecular formula is C26H26Cl2FN3O4S. The van der Waals surface area contributed by atoms with Gasteiger partial charge in [-0.05, 0) is 55.0 Å². The van der Waals surface area contributed by atoms with Crippen molar-refractivity contribution >= 4 is 50.5 Å². The number of carbonyl (C=O) groups is 1. The van der Waals surface area contributed by atoms with Gasteiger partial charge in [0.2, 0.25) is 5.91 Å². The third-order valence-electron chi connectivity index (χ3n) is 6.13. The summed E-state index contributed by atoms with van der Waals surface area (Å²) in [5.74, 6) is -0.585. The van der Waals surface area contributed by atoms with E-state index in [4.69, 9.17) is 27.9 Å². The van der Waals surface area contributed by atoms with Crippen molar-refractivity contribution in [3.05, 3.63) is 82.1 Å². The molecule has 3 aromatic carbocycles. The van der Waals surface area contributed by atoms with E-state index in [-0.39, 0.29) is 32.2 Å². The molecule has 37 heavy (non-hydrogen) atoms. The lowest BCUT2D eigenvalue weighted by Gasteiger charge is -2.37. The van der Waals surface area contributed by atoms with Gasteiger partial charge in [-0.15, -0.1) is 0 Å². The van der Waals surface area contributed by atoms with Gasteiger partial charge in [0.25, 0.3) is 10.0 Å². The molecule has 1 heterocycles. The van der Waals surface area contributed by atoms with Crippen LogP contribution in [0.3, 0.4) is 0 Å². The molecule has 3 aromatic rings. The molecule has 0 spiro atoms. The monoisotopic (exact) mass is 565 g/mol. The molecule has 7 nitrogen and oxygen atoms in total. The fourth-order valence-electron chi connectivity index (χ4n) is 4.23. The fraction of sp³-hybridized carbons (Fsp3) is 0.269. The first-order valence-electron chi connectivity index (χ1n) is 11.5. The highest BCUT2D eigenvalue weighted by atomic mass is 35.5. The molecule has 1 saturated heterocycles. The first-order chi connectivity index (χ1) is 17.6. The predicted molar refractivity (Wildman–Crippen MR) is 144 cm³/mol. The molecule has 1 fully saturated rings. The van der Waals surface area contributed by atoms with Gasteiger partial charge in [-0.2, -0.15) is 0 Å². The number of amides is 1. The molecule has 0 radical (unpaired) electrons. The van der Waals surface area contributed by atoms with E-state index in [0.717, 1.165) is 4.31 Å². The molecule has 4 rings (SSSR count). The lowest BCUT2D eigenvalue weighted by Crippen LogP contribution is -2.52. The Morgan fingerprint density at radius 3 is 2.27 bits per heavy atom. The minimum absolute atomic E-state index is 0.0803. The van der Waals surface area contributed by atoms with Crippen LogP contribution in [0.15, 0.2) is 65.6 Å². The van der Waals surface area contributed by atoms with Crippen LogP contribution in [0.1, 0.15) is 5.56 Å². The number of halogens is 3. The third-order valence-corrected chi connectivity index (χ3v) is 8.36. The summed E-state index contributed by atoms with van der Waals surface area (Å²) in [5, 5.41) is 0.453. The molecule has 0 unspecified atom stereocenters. The number of ether oxygens (including phenoxy) is 1. The van der Waals surface area contributed by atoms with E-state index >= 15 is 0 Å². The Hall–Kier alpha value is -3.01. The van der Waals surface area contributed by atoms with Gasteiger partial charge in [-0.3, -0.25) is 9.10 Å². The molecule has 0 saturated carbocycles. The van der Waals surface area contributed by atoms with Crippen molar-refractivity contribution in [2.75, 3.05) is 49.0 Å². The second-order valence-electron chi connectivity index (χ2n) is 8.61. The number of anilines is 2. The van der Waals surface area contributed by atoms with Gasteiger partial charge < -0.3 is 14.5 Å². The molecule has 1 aliphatic rings. The summed E-state index contributed by atoms with van der Waals surface area (Å²) in [6, 6.07) is 15.6. The van der Waals surface area contributed by atoms with E-state index in [1.807, 2.05) is 4.90 Å². The van der Waals surface area contributed by atoms with Crippen LogP contribution in [0, 0.1) is 12.7 Å². The van der Waals surface area contributed by atoms with Gasteiger partial charge in [-0.1, -0.05) is 41.4 Å². The van der Waals surface area contributed by atoms with E-state index < -0.39 is 22.5 Å². The highest BCUT2D eigenvalue weighted by Crippen LogP contribution is 2.33. The fourth-order valence-corrected chi connectivity index (χ4v) is 6.39. The smallest absolute Gasteiger partial charge is 0.268 e. The van der Waals surface area contributed by atoms with Gasteiger partial charge in [-0.25, -0.2) is 12.8 Å². The lowest BCUT2D eigenvalue weighted by molar-refractivity contribution is -0.129. The van der Waals surface area contributed by atoms with Crippen LogP contribution >= 0.6 is 23.2 Å². The summed E-state index contributed by atoms with van der Waals surface area (Å²) < 4.78 is 48.4. The summed E-state index contributed by atoms with van der Waals surface area (Å²) in [6.45, 7) is 2.73. The standard InChI is InChI=1S/C26H26Cl2FN3O4S/c1-18-7-8-24(36-2)25(13-18)37(34,35)32(21-15-19(27)14-20(28)16-21)17-26(33)31-11-9-30(10-12-31)23-6-4-3-5-22(23)29/h3-8,13-16H,9-12,17H2,1-2H3. The van der Waals surface area contributed by atoms with E-state index in [2.05, 4.69) is 0 Å². The molecule has 0 aromatic heterocycles. The number of carbonyl (C=O) groups excluding carboxylic acids is 1. The van der Waals surface area contributed by atoms with E-state index in [9.17, 15) is 17.6 Å².